The zero-order valence-corrected chi connectivity index (χ0v) is 23.6. The van der Waals surface area contributed by atoms with Gasteiger partial charge in [-0.15, -0.1) is 0 Å². The van der Waals surface area contributed by atoms with E-state index in [1.165, 1.54) is 83.1 Å². The summed E-state index contributed by atoms with van der Waals surface area (Å²) in [6.07, 6.45) is 12.8. The van der Waals surface area contributed by atoms with Crippen LogP contribution >= 0.6 is 0 Å². The minimum Gasteiger partial charge on any atom is -0.493 e. The van der Waals surface area contributed by atoms with Crippen molar-refractivity contribution in [2.24, 2.45) is 29.6 Å². The van der Waals surface area contributed by atoms with Crippen molar-refractivity contribution in [2.45, 2.75) is 122 Å². The van der Waals surface area contributed by atoms with Crippen molar-refractivity contribution in [1.82, 2.24) is 0 Å². The summed E-state index contributed by atoms with van der Waals surface area (Å²) in [6.45, 7) is 2.89. The average molecular weight is 555 g/mol. The zero-order chi connectivity index (χ0) is 27.8. The van der Waals surface area contributed by atoms with Crippen LogP contribution in [0.2, 0.25) is 0 Å². The first-order chi connectivity index (χ1) is 18.7. The fourth-order valence-corrected chi connectivity index (χ4v) is 7.55. The van der Waals surface area contributed by atoms with Gasteiger partial charge in [-0.3, -0.25) is 0 Å². The van der Waals surface area contributed by atoms with Crippen LogP contribution in [0.5, 0.6) is 5.75 Å². The summed E-state index contributed by atoms with van der Waals surface area (Å²) >= 11 is 0. The van der Waals surface area contributed by atoms with Gasteiger partial charge >= 0.3 is 6.18 Å². The quantitative estimate of drug-likeness (QED) is 0.206. The van der Waals surface area contributed by atoms with Crippen molar-refractivity contribution >= 4 is 0 Å². The van der Waals surface area contributed by atoms with Crippen LogP contribution in [0.15, 0.2) is 30.1 Å². The van der Waals surface area contributed by atoms with Gasteiger partial charge in [-0.1, -0.05) is 51.5 Å². The Morgan fingerprint density at radius 1 is 0.846 bits per heavy atom. The Balaban J connectivity index is 1.16. The minimum atomic E-state index is -4.64. The van der Waals surface area contributed by atoms with Gasteiger partial charge in [0.1, 0.15) is 17.4 Å². The van der Waals surface area contributed by atoms with Crippen LogP contribution in [0.3, 0.4) is 0 Å². The number of allylic oxidation sites excluding steroid dienone is 2. The molecule has 0 bridgehead atoms. The summed E-state index contributed by atoms with van der Waals surface area (Å²) in [5.41, 5.74) is 0.557. The van der Waals surface area contributed by atoms with Crippen LogP contribution in [0.1, 0.15) is 121 Å². The second-order valence-corrected chi connectivity index (χ2v) is 12.7. The highest BCUT2D eigenvalue weighted by molar-refractivity contribution is 5.31. The molecule has 3 saturated carbocycles. The highest BCUT2D eigenvalue weighted by Gasteiger charge is 2.32. The Kier molecular flexibility index (Phi) is 11.2. The molecule has 1 aromatic rings. The molecule has 1 nitrogen and oxygen atoms in total. The van der Waals surface area contributed by atoms with Crippen molar-refractivity contribution < 1.29 is 26.7 Å². The van der Waals surface area contributed by atoms with Crippen molar-refractivity contribution in [3.63, 3.8) is 0 Å². The Morgan fingerprint density at radius 3 is 2.03 bits per heavy atom. The topological polar surface area (TPSA) is 9.23 Å². The van der Waals surface area contributed by atoms with Gasteiger partial charge in [-0.2, -0.15) is 13.2 Å². The molecule has 0 unspecified atom stereocenters. The normalized spacial score (nSPS) is 30.8. The number of halogens is 5. The van der Waals surface area contributed by atoms with Gasteiger partial charge in [0.2, 0.25) is 0 Å². The lowest BCUT2D eigenvalue weighted by Crippen LogP contribution is -2.27. The second-order valence-electron chi connectivity index (χ2n) is 12.7. The predicted octanol–water partition coefficient (Wildman–Crippen LogP) is 11.1. The van der Waals surface area contributed by atoms with E-state index in [1.807, 2.05) is 0 Å². The molecule has 3 aliphatic rings. The largest absolute Gasteiger partial charge is 0.493 e. The van der Waals surface area contributed by atoms with Crippen molar-refractivity contribution in [2.75, 3.05) is 6.61 Å². The molecule has 0 heterocycles. The van der Waals surface area contributed by atoms with Gasteiger partial charge in [0.25, 0.3) is 0 Å². The molecule has 6 heteroatoms. The molecule has 0 aromatic heterocycles. The summed E-state index contributed by atoms with van der Waals surface area (Å²) in [5.74, 6) is 1.51. The monoisotopic (exact) mass is 554 g/mol. The molecule has 0 N–H and O–H groups in total. The smallest absolute Gasteiger partial charge is 0.412 e. The third-order valence-corrected chi connectivity index (χ3v) is 9.98. The number of benzene rings is 1. The van der Waals surface area contributed by atoms with E-state index in [0.29, 0.717) is 49.5 Å². The Hall–Kier alpha value is -1.59. The first kappa shape index (κ1) is 30.4. The van der Waals surface area contributed by atoms with Crippen LogP contribution in [-0.2, 0) is 0 Å². The maximum absolute atomic E-state index is 14.9. The standard InChI is InChI=1S/C33H47F5O/c1-2-3-4-5-23-6-10-25(11-7-23)26-12-8-24(9-13-26)22-39-29-18-19-30(31(34)20-29)27-14-16-28(17-15-27)32(35)21-33(36,37)38/h18-21,23-28H,2-17,22H2,1H3. The third-order valence-electron chi connectivity index (χ3n) is 9.98. The van der Waals surface area contributed by atoms with Crippen LogP contribution in [-0.4, -0.2) is 12.8 Å². The second kappa shape index (κ2) is 14.3. The molecular weight excluding hydrogens is 507 g/mol. The van der Waals surface area contributed by atoms with Crippen molar-refractivity contribution in [1.29, 1.82) is 0 Å². The maximum Gasteiger partial charge on any atom is 0.412 e. The van der Waals surface area contributed by atoms with Gasteiger partial charge in [0.15, 0.2) is 0 Å². The van der Waals surface area contributed by atoms with Crippen molar-refractivity contribution in [3.05, 3.63) is 41.5 Å². The van der Waals surface area contributed by atoms with Gasteiger partial charge in [0.05, 0.1) is 12.7 Å². The molecule has 0 atom stereocenters. The first-order valence-electron chi connectivity index (χ1n) is 15.6. The van der Waals surface area contributed by atoms with Crippen LogP contribution in [0.4, 0.5) is 22.0 Å². The first-order valence-corrected chi connectivity index (χ1v) is 15.6. The molecule has 0 amide bonds. The minimum absolute atomic E-state index is 0.101. The number of hydrogen-bond donors (Lipinski definition) is 0. The van der Waals surface area contributed by atoms with E-state index in [0.717, 1.165) is 17.8 Å². The lowest BCUT2D eigenvalue weighted by Gasteiger charge is -2.38. The Labute approximate surface area is 232 Å². The molecule has 0 spiro atoms. The van der Waals surface area contributed by atoms with Gasteiger partial charge in [-0.25, -0.2) is 8.78 Å². The molecule has 0 aliphatic heterocycles. The highest BCUT2D eigenvalue weighted by atomic mass is 19.4. The fraction of sp³-hybridized carbons (Fsp3) is 0.758. The molecule has 4 rings (SSSR count). The van der Waals surface area contributed by atoms with Gasteiger partial charge < -0.3 is 4.74 Å². The fourth-order valence-electron chi connectivity index (χ4n) is 7.55. The van der Waals surface area contributed by atoms with Gasteiger partial charge in [0, 0.05) is 12.0 Å². The number of alkyl halides is 3. The summed E-state index contributed by atoms with van der Waals surface area (Å²) in [5, 5.41) is 0. The molecule has 220 valence electrons. The van der Waals surface area contributed by atoms with E-state index in [-0.39, 0.29) is 17.8 Å². The van der Waals surface area contributed by atoms with E-state index >= 15 is 0 Å². The molecule has 39 heavy (non-hydrogen) atoms. The van der Waals surface area contributed by atoms with E-state index in [1.54, 1.807) is 12.1 Å². The average Bonchev–Trinajstić information content (AvgIpc) is 2.92. The summed E-state index contributed by atoms with van der Waals surface area (Å²) in [6, 6.07) is 4.99. The van der Waals surface area contributed by atoms with Crippen LogP contribution in [0, 0.1) is 35.4 Å². The lowest BCUT2D eigenvalue weighted by atomic mass is 9.69. The number of hydrogen-bond acceptors (Lipinski definition) is 1. The summed E-state index contributed by atoms with van der Waals surface area (Å²) in [4.78, 5) is 0. The number of unbranched alkanes of at least 4 members (excludes halogenated alkanes) is 2. The van der Waals surface area contributed by atoms with E-state index in [4.69, 9.17) is 4.74 Å². The number of ether oxygens (including phenoxy) is 1. The molecule has 0 radical (unpaired) electrons. The lowest BCUT2D eigenvalue weighted by molar-refractivity contribution is -0.0820. The Bertz CT molecular complexity index is 901. The number of rotatable bonds is 10. The highest BCUT2D eigenvalue weighted by Crippen LogP contribution is 2.43. The predicted molar refractivity (Wildman–Crippen MR) is 147 cm³/mol. The SMILES string of the molecule is CCCCCC1CCC(C2CCC(COc3ccc(C4CCC(C(F)=CC(F)(F)F)CC4)c(F)c3)CC2)CC1. The Morgan fingerprint density at radius 2 is 1.46 bits per heavy atom. The molecular formula is C33H47F5O. The maximum atomic E-state index is 14.9. The van der Waals surface area contributed by atoms with E-state index < -0.39 is 17.9 Å². The van der Waals surface area contributed by atoms with Crippen LogP contribution in [0.25, 0.3) is 0 Å². The van der Waals surface area contributed by atoms with E-state index in [9.17, 15) is 22.0 Å². The summed E-state index contributed by atoms with van der Waals surface area (Å²) < 4.78 is 72.2. The molecule has 3 fully saturated rings. The summed E-state index contributed by atoms with van der Waals surface area (Å²) in [7, 11) is 0. The third kappa shape index (κ3) is 9.21. The molecule has 3 aliphatic carbocycles. The van der Waals surface area contributed by atoms with Crippen LogP contribution < -0.4 is 4.74 Å². The zero-order valence-electron chi connectivity index (χ0n) is 23.6. The van der Waals surface area contributed by atoms with Crippen molar-refractivity contribution in [3.8, 4) is 5.75 Å². The van der Waals surface area contributed by atoms with E-state index in [2.05, 4.69) is 6.92 Å². The molecule has 1 aromatic carbocycles. The van der Waals surface area contributed by atoms with Gasteiger partial charge in [-0.05, 0) is 105 Å². The molecule has 0 saturated heterocycles.